The van der Waals surface area contributed by atoms with Crippen molar-refractivity contribution < 1.29 is 4.79 Å². The third kappa shape index (κ3) is 4.03. The molecular weight excluding hydrogens is 307 g/mol. The second kappa shape index (κ2) is 6.15. The summed E-state index contributed by atoms with van der Waals surface area (Å²) < 4.78 is 0. The number of hydrogen-bond acceptors (Lipinski definition) is 1. The van der Waals surface area contributed by atoms with Crippen molar-refractivity contribution in [2.75, 3.05) is 10.6 Å². The fourth-order valence-corrected chi connectivity index (χ4v) is 1.99. The van der Waals surface area contributed by atoms with E-state index in [1.165, 1.54) is 0 Å². The van der Waals surface area contributed by atoms with Crippen molar-refractivity contribution in [3.05, 3.63) is 57.5 Å². The second-order valence-electron chi connectivity index (χ2n) is 3.71. The van der Waals surface area contributed by atoms with Crippen LogP contribution in [0.1, 0.15) is 0 Å². The zero-order valence-corrected chi connectivity index (χ0v) is 11.9. The molecule has 2 N–H and O–H groups in total. The van der Waals surface area contributed by atoms with E-state index in [4.69, 9.17) is 34.8 Å². The molecule has 0 heterocycles. The summed E-state index contributed by atoms with van der Waals surface area (Å²) in [4.78, 5) is 11.8. The first-order valence-electron chi connectivity index (χ1n) is 5.33. The number of rotatable bonds is 2. The number of nitrogens with one attached hydrogen (secondary N) is 2. The Hall–Kier alpha value is -1.42. The number of urea groups is 1. The molecule has 0 saturated carbocycles. The lowest BCUT2D eigenvalue weighted by atomic mass is 10.3. The highest BCUT2D eigenvalue weighted by Crippen LogP contribution is 2.25. The maximum atomic E-state index is 11.8. The molecule has 0 atom stereocenters. The topological polar surface area (TPSA) is 41.1 Å². The highest BCUT2D eigenvalue weighted by molar-refractivity contribution is 6.36. The minimum atomic E-state index is -0.397. The maximum absolute atomic E-state index is 11.8. The van der Waals surface area contributed by atoms with Crippen molar-refractivity contribution in [3.63, 3.8) is 0 Å². The largest absolute Gasteiger partial charge is 0.323 e. The molecule has 3 nitrogen and oxygen atoms in total. The van der Waals surface area contributed by atoms with Crippen molar-refractivity contribution in [3.8, 4) is 0 Å². The van der Waals surface area contributed by atoms with Gasteiger partial charge in [0, 0.05) is 15.7 Å². The fourth-order valence-electron chi connectivity index (χ4n) is 1.41. The van der Waals surface area contributed by atoms with Gasteiger partial charge in [-0.1, -0.05) is 34.8 Å². The van der Waals surface area contributed by atoms with E-state index in [1.807, 2.05) is 0 Å². The van der Waals surface area contributed by atoms with Gasteiger partial charge in [-0.3, -0.25) is 0 Å². The SMILES string of the molecule is O=C(Nc1ccc(Cl)cc1)Nc1ccc(Cl)cc1Cl. The molecule has 2 aromatic rings. The zero-order valence-electron chi connectivity index (χ0n) is 9.58. The van der Waals surface area contributed by atoms with Crippen LogP contribution in [-0.2, 0) is 0 Å². The average molecular weight is 316 g/mol. The van der Waals surface area contributed by atoms with E-state index in [9.17, 15) is 4.79 Å². The molecule has 2 amide bonds. The van der Waals surface area contributed by atoms with Crippen LogP contribution in [0.2, 0.25) is 15.1 Å². The van der Waals surface area contributed by atoms with Gasteiger partial charge in [-0.2, -0.15) is 0 Å². The molecule has 0 radical (unpaired) electrons. The molecule has 0 fully saturated rings. The first kappa shape index (κ1) is 14.0. The summed E-state index contributed by atoms with van der Waals surface area (Å²) in [6.07, 6.45) is 0. The van der Waals surface area contributed by atoms with Crippen molar-refractivity contribution in [2.45, 2.75) is 0 Å². The monoisotopic (exact) mass is 314 g/mol. The Balaban J connectivity index is 2.03. The second-order valence-corrected chi connectivity index (χ2v) is 4.99. The van der Waals surface area contributed by atoms with E-state index in [2.05, 4.69) is 10.6 Å². The summed E-state index contributed by atoms with van der Waals surface area (Å²) in [7, 11) is 0. The normalized spacial score (nSPS) is 10.1. The summed E-state index contributed by atoms with van der Waals surface area (Å²) in [5, 5.41) is 6.77. The van der Waals surface area contributed by atoms with Gasteiger partial charge in [0.1, 0.15) is 0 Å². The van der Waals surface area contributed by atoms with E-state index in [1.54, 1.807) is 42.5 Å². The smallest absolute Gasteiger partial charge is 0.308 e. The van der Waals surface area contributed by atoms with E-state index < -0.39 is 6.03 Å². The summed E-state index contributed by atoms with van der Waals surface area (Å²) in [5.74, 6) is 0. The lowest BCUT2D eigenvalue weighted by Crippen LogP contribution is -2.19. The summed E-state index contributed by atoms with van der Waals surface area (Å²) in [6.45, 7) is 0. The Morgan fingerprint density at radius 3 is 2.11 bits per heavy atom. The molecule has 0 spiro atoms. The van der Waals surface area contributed by atoms with Crippen molar-refractivity contribution in [1.29, 1.82) is 0 Å². The van der Waals surface area contributed by atoms with Crippen LogP contribution in [0.3, 0.4) is 0 Å². The molecule has 0 aliphatic carbocycles. The summed E-state index contributed by atoms with van der Waals surface area (Å²) >= 11 is 17.5. The van der Waals surface area contributed by atoms with Crippen LogP contribution in [-0.4, -0.2) is 6.03 Å². The fraction of sp³-hybridized carbons (Fsp3) is 0. The van der Waals surface area contributed by atoms with E-state index in [0.717, 1.165) is 0 Å². The van der Waals surface area contributed by atoms with Crippen LogP contribution in [0.4, 0.5) is 16.2 Å². The Kier molecular flexibility index (Phi) is 4.53. The van der Waals surface area contributed by atoms with Gasteiger partial charge in [-0.25, -0.2) is 4.79 Å². The van der Waals surface area contributed by atoms with Gasteiger partial charge in [-0.05, 0) is 42.5 Å². The molecule has 19 heavy (non-hydrogen) atoms. The lowest BCUT2D eigenvalue weighted by molar-refractivity contribution is 0.262. The molecule has 0 aliphatic heterocycles. The van der Waals surface area contributed by atoms with Gasteiger partial charge in [0.2, 0.25) is 0 Å². The number of hydrogen-bond donors (Lipinski definition) is 2. The van der Waals surface area contributed by atoms with E-state index in [-0.39, 0.29) is 0 Å². The van der Waals surface area contributed by atoms with Gasteiger partial charge < -0.3 is 10.6 Å². The highest BCUT2D eigenvalue weighted by atomic mass is 35.5. The van der Waals surface area contributed by atoms with Crippen molar-refractivity contribution >= 4 is 52.2 Å². The van der Waals surface area contributed by atoms with Gasteiger partial charge in [0.05, 0.1) is 10.7 Å². The van der Waals surface area contributed by atoms with Crippen molar-refractivity contribution in [1.82, 2.24) is 0 Å². The Bertz CT molecular complexity index is 599. The van der Waals surface area contributed by atoms with E-state index >= 15 is 0 Å². The van der Waals surface area contributed by atoms with Gasteiger partial charge in [-0.15, -0.1) is 0 Å². The minimum Gasteiger partial charge on any atom is -0.308 e. The summed E-state index contributed by atoms with van der Waals surface area (Å²) in [5.41, 5.74) is 1.12. The lowest BCUT2D eigenvalue weighted by Gasteiger charge is -2.09. The molecule has 0 aliphatic rings. The molecule has 0 aromatic heterocycles. The van der Waals surface area contributed by atoms with Crippen LogP contribution in [0.5, 0.6) is 0 Å². The number of carbonyl (C=O) groups excluding carboxylic acids is 1. The maximum Gasteiger partial charge on any atom is 0.323 e. The highest BCUT2D eigenvalue weighted by Gasteiger charge is 2.06. The minimum absolute atomic E-state index is 0.374. The molecule has 0 unspecified atom stereocenters. The van der Waals surface area contributed by atoms with Crippen molar-refractivity contribution in [2.24, 2.45) is 0 Å². The Labute approximate surface area is 125 Å². The number of benzene rings is 2. The van der Waals surface area contributed by atoms with Crippen LogP contribution in [0, 0.1) is 0 Å². The predicted octanol–water partition coefficient (Wildman–Crippen LogP) is 5.29. The average Bonchev–Trinajstić information content (AvgIpc) is 2.36. The quantitative estimate of drug-likeness (QED) is 0.776. The van der Waals surface area contributed by atoms with Crippen LogP contribution >= 0.6 is 34.8 Å². The molecule has 2 aromatic carbocycles. The standard InChI is InChI=1S/C13H9Cl3N2O/c14-8-1-4-10(5-2-8)17-13(19)18-12-6-3-9(15)7-11(12)16/h1-7H,(H2,17,18,19). The molecule has 2 rings (SSSR count). The van der Waals surface area contributed by atoms with Gasteiger partial charge in [0.15, 0.2) is 0 Å². The number of amides is 2. The summed E-state index contributed by atoms with van der Waals surface area (Å²) in [6, 6.07) is 11.2. The third-order valence-corrected chi connectivity index (χ3v) is 3.08. The third-order valence-electron chi connectivity index (χ3n) is 2.28. The predicted molar refractivity (Wildman–Crippen MR) is 80.6 cm³/mol. The molecule has 0 bridgehead atoms. The number of anilines is 2. The number of carbonyl (C=O) groups is 1. The van der Waals surface area contributed by atoms with Crippen LogP contribution < -0.4 is 10.6 Å². The molecule has 6 heteroatoms. The number of halogens is 3. The van der Waals surface area contributed by atoms with Gasteiger partial charge in [0.25, 0.3) is 0 Å². The Morgan fingerprint density at radius 1 is 0.842 bits per heavy atom. The molecule has 0 saturated heterocycles. The zero-order chi connectivity index (χ0) is 13.8. The molecule has 98 valence electrons. The van der Waals surface area contributed by atoms with Gasteiger partial charge >= 0.3 is 6.03 Å². The van der Waals surface area contributed by atoms with Crippen LogP contribution in [0.25, 0.3) is 0 Å². The van der Waals surface area contributed by atoms with E-state index in [0.29, 0.717) is 26.4 Å². The van der Waals surface area contributed by atoms with Crippen LogP contribution in [0.15, 0.2) is 42.5 Å². The first-order chi connectivity index (χ1) is 9.04. The first-order valence-corrected chi connectivity index (χ1v) is 6.46. The Morgan fingerprint density at radius 2 is 1.47 bits per heavy atom. The molecular formula is C13H9Cl3N2O.